The molecule has 2 bridgehead atoms. The summed E-state index contributed by atoms with van der Waals surface area (Å²) in [6.07, 6.45) is 6.06. The first-order valence-corrected chi connectivity index (χ1v) is 8.99. The Hall–Kier alpha value is -1.95. The molecular formula is C18H23N5O. The summed E-state index contributed by atoms with van der Waals surface area (Å²) in [4.78, 5) is 23.9. The van der Waals surface area contributed by atoms with E-state index in [0.717, 1.165) is 24.3 Å². The van der Waals surface area contributed by atoms with Gasteiger partial charge in [0.25, 0.3) is 5.91 Å². The standard InChI is InChI=1S/C18H23N5O/c1-10(2)23-9-20-16-5-11(6-19-17(16)23)18(24)22-7-12-13(8-22)15-4-3-14(12)21-15/h5-6,9-10,12-15,21H,3-4,7-8H2,1-2H3/t12-,13+,14-,15+. The highest BCUT2D eigenvalue weighted by molar-refractivity contribution is 5.96. The zero-order valence-electron chi connectivity index (χ0n) is 14.1. The molecule has 0 spiro atoms. The van der Waals surface area contributed by atoms with E-state index in [0.29, 0.717) is 35.5 Å². The Kier molecular flexibility index (Phi) is 3.01. The number of aromatic nitrogens is 3. The second kappa shape index (κ2) is 5.02. The van der Waals surface area contributed by atoms with Crippen LogP contribution in [0, 0.1) is 11.8 Å². The summed E-state index contributed by atoms with van der Waals surface area (Å²) in [5, 5.41) is 3.70. The summed E-state index contributed by atoms with van der Waals surface area (Å²) in [6.45, 7) is 5.98. The van der Waals surface area contributed by atoms with Crippen LogP contribution in [0.1, 0.15) is 43.1 Å². The van der Waals surface area contributed by atoms with E-state index in [2.05, 4.69) is 29.1 Å². The van der Waals surface area contributed by atoms with E-state index < -0.39 is 0 Å². The largest absolute Gasteiger partial charge is 0.338 e. The summed E-state index contributed by atoms with van der Waals surface area (Å²) >= 11 is 0. The molecule has 0 radical (unpaired) electrons. The molecule has 0 unspecified atom stereocenters. The highest BCUT2D eigenvalue weighted by atomic mass is 16.2. The lowest BCUT2D eigenvalue weighted by Crippen LogP contribution is -2.34. The minimum atomic E-state index is 0.109. The molecule has 1 N–H and O–H groups in total. The third kappa shape index (κ3) is 1.95. The topological polar surface area (TPSA) is 63.1 Å². The van der Waals surface area contributed by atoms with Gasteiger partial charge in [-0.15, -0.1) is 0 Å². The number of carbonyl (C=O) groups is 1. The van der Waals surface area contributed by atoms with Crippen LogP contribution < -0.4 is 5.32 Å². The number of imidazole rings is 1. The maximum Gasteiger partial charge on any atom is 0.255 e. The van der Waals surface area contributed by atoms with Gasteiger partial charge in [0, 0.05) is 37.4 Å². The molecular weight excluding hydrogens is 302 g/mol. The Morgan fingerprint density at radius 1 is 1.21 bits per heavy atom. The summed E-state index contributed by atoms with van der Waals surface area (Å²) < 4.78 is 2.03. The number of fused-ring (bicyclic) bond motifs is 6. The van der Waals surface area contributed by atoms with Crippen molar-refractivity contribution in [3.63, 3.8) is 0 Å². The third-order valence-corrected chi connectivity index (χ3v) is 6.17. The van der Waals surface area contributed by atoms with Gasteiger partial charge in [0.15, 0.2) is 5.65 Å². The van der Waals surface area contributed by atoms with Crippen molar-refractivity contribution in [3.8, 4) is 0 Å². The van der Waals surface area contributed by atoms with Crippen LogP contribution in [0.15, 0.2) is 18.6 Å². The molecule has 2 aromatic rings. The molecule has 5 heterocycles. The lowest BCUT2D eigenvalue weighted by molar-refractivity contribution is 0.0778. The number of hydrogen-bond acceptors (Lipinski definition) is 4. The van der Waals surface area contributed by atoms with E-state index in [1.54, 1.807) is 12.5 Å². The van der Waals surface area contributed by atoms with Crippen molar-refractivity contribution in [2.45, 2.75) is 44.8 Å². The number of pyridine rings is 1. The van der Waals surface area contributed by atoms with Crippen LogP contribution in [0.3, 0.4) is 0 Å². The van der Waals surface area contributed by atoms with Gasteiger partial charge in [-0.3, -0.25) is 4.79 Å². The van der Waals surface area contributed by atoms with Crippen molar-refractivity contribution in [1.29, 1.82) is 0 Å². The first kappa shape index (κ1) is 14.4. The maximum atomic E-state index is 12.9. The zero-order valence-corrected chi connectivity index (χ0v) is 14.1. The fourth-order valence-corrected chi connectivity index (χ4v) is 4.94. The highest BCUT2D eigenvalue weighted by Gasteiger charge is 2.52. The molecule has 1 amide bonds. The van der Waals surface area contributed by atoms with Gasteiger partial charge in [-0.1, -0.05) is 0 Å². The normalized spacial score (nSPS) is 31.4. The smallest absolute Gasteiger partial charge is 0.255 e. The zero-order chi connectivity index (χ0) is 16.4. The molecule has 24 heavy (non-hydrogen) atoms. The summed E-state index contributed by atoms with van der Waals surface area (Å²) in [7, 11) is 0. The molecule has 126 valence electrons. The van der Waals surface area contributed by atoms with Crippen LogP contribution >= 0.6 is 0 Å². The van der Waals surface area contributed by atoms with E-state index in [1.807, 2.05) is 15.5 Å². The quantitative estimate of drug-likeness (QED) is 0.915. The lowest BCUT2D eigenvalue weighted by atomic mass is 9.82. The number of rotatable bonds is 2. The van der Waals surface area contributed by atoms with Gasteiger partial charge in [-0.25, -0.2) is 9.97 Å². The highest BCUT2D eigenvalue weighted by Crippen LogP contribution is 2.43. The van der Waals surface area contributed by atoms with Crippen LogP contribution in [0.25, 0.3) is 11.2 Å². The first-order valence-electron chi connectivity index (χ1n) is 8.99. The predicted octanol–water partition coefficient (Wildman–Crippen LogP) is 1.83. The number of likely N-dealkylation sites (tertiary alicyclic amines) is 1. The number of hydrogen-bond donors (Lipinski definition) is 1. The molecule has 0 aliphatic carbocycles. The van der Waals surface area contributed by atoms with E-state index in [4.69, 9.17) is 0 Å². The van der Waals surface area contributed by atoms with Crippen molar-refractivity contribution < 1.29 is 4.79 Å². The van der Waals surface area contributed by atoms with Crippen molar-refractivity contribution in [2.75, 3.05) is 13.1 Å². The van der Waals surface area contributed by atoms with Crippen LogP contribution in [0.4, 0.5) is 0 Å². The van der Waals surface area contributed by atoms with Gasteiger partial charge in [0.2, 0.25) is 0 Å². The average molecular weight is 325 g/mol. The Balaban J connectivity index is 1.40. The summed E-state index contributed by atoms with van der Waals surface area (Å²) in [6, 6.07) is 3.45. The van der Waals surface area contributed by atoms with Crippen molar-refractivity contribution in [2.24, 2.45) is 11.8 Å². The summed E-state index contributed by atoms with van der Waals surface area (Å²) in [5.74, 6) is 1.39. The van der Waals surface area contributed by atoms with Crippen molar-refractivity contribution >= 4 is 17.1 Å². The minimum Gasteiger partial charge on any atom is -0.338 e. The SMILES string of the molecule is CC(C)n1cnc2cc(C(=O)N3C[C@@H]4[C@H](C3)[C@@H]3CC[C@H]4N3)cnc21. The molecule has 4 atom stereocenters. The maximum absolute atomic E-state index is 12.9. The first-order chi connectivity index (χ1) is 11.6. The van der Waals surface area contributed by atoms with Gasteiger partial charge >= 0.3 is 0 Å². The number of nitrogens with zero attached hydrogens (tertiary/aromatic N) is 4. The van der Waals surface area contributed by atoms with Crippen molar-refractivity contribution in [1.82, 2.24) is 24.8 Å². The van der Waals surface area contributed by atoms with Crippen LogP contribution in [0.2, 0.25) is 0 Å². The van der Waals surface area contributed by atoms with Gasteiger partial charge in [-0.05, 0) is 44.6 Å². The predicted molar refractivity (Wildman–Crippen MR) is 90.7 cm³/mol. The molecule has 6 nitrogen and oxygen atoms in total. The molecule has 0 saturated carbocycles. The van der Waals surface area contributed by atoms with Crippen molar-refractivity contribution in [3.05, 3.63) is 24.2 Å². The van der Waals surface area contributed by atoms with Crippen LogP contribution in [-0.4, -0.2) is 50.5 Å². The fraction of sp³-hybridized carbons (Fsp3) is 0.611. The van der Waals surface area contributed by atoms with E-state index in [9.17, 15) is 4.79 Å². The van der Waals surface area contributed by atoms with E-state index in [-0.39, 0.29) is 5.91 Å². The Morgan fingerprint density at radius 2 is 1.92 bits per heavy atom. The monoisotopic (exact) mass is 325 g/mol. The second-order valence-electron chi connectivity index (χ2n) is 7.81. The fourth-order valence-electron chi connectivity index (χ4n) is 4.94. The molecule has 3 aliphatic rings. The Labute approximate surface area is 141 Å². The lowest BCUT2D eigenvalue weighted by Gasteiger charge is -2.19. The van der Waals surface area contributed by atoms with Gasteiger partial charge < -0.3 is 14.8 Å². The molecule has 6 heteroatoms. The molecule has 5 rings (SSSR count). The Bertz CT molecular complexity index is 795. The van der Waals surface area contributed by atoms with E-state index in [1.165, 1.54) is 12.8 Å². The molecule has 2 aromatic heterocycles. The number of amides is 1. The minimum absolute atomic E-state index is 0.109. The van der Waals surface area contributed by atoms with Crippen LogP contribution in [0.5, 0.6) is 0 Å². The summed E-state index contributed by atoms with van der Waals surface area (Å²) in [5.41, 5.74) is 2.31. The second-order valence-corrected chi connectivity index (χ2v) is 7.81. The third-order valence-electron chi connectivity index (χ3n) is 6.17. The van der Waals surface area contributed by atoms with Crippen LogP contribution in [-0.2, 0) is 0 Å². The average Bonchev–Trinajstić information content (AvgIpc) is 3.31. The molecule has 0 aromatic carbocycles. The van der Waals surface area contributed by atoms with Gasteiger partial charge in [0.1, 0.15) is 5.52 Å². The molecule has 3 aliphatic heterocycles. The molecule has 3 saturated heterocycles. The Morgan fingerprint density at radius 3 is 2.58 bits per heavy atom. The molecule has 3 fully saturated rings. The number of nitrogens with one attached hydrogen (secondary N) is 1. The van der Waals surface area contributed by atoms with Gasteiger partial charge in [-0.2, -0.15) is 0 Å². The number of carbonyl (C=O) groups excluding carboxylic acids is 1. The van der Waals surface area contributed by atoms with Gasteiger partial charge in [0.05, 0.1) is 11.9 Å². The van der Waals surface area contributed by atoms with E-state index >= 15 is 0 Å².